The van der Waals surface area contributed by atoms with Gasteiger partial charge in [0, 0.05) is 35.4 Å². The molecule has 11 heteroatoms. The largest absolute Gasteiger partial charge is 0.465 e. The van der Waals surface area contributed by atoms with E-state index in [-0.39, 0.29) is 11.9 Å². The lowest BCUT2D eigenvalue weighted by Gasteiger charge is -2.11. The molecule has 0 saturated carbocycles. The summed E-state index contributed by atoms with van der Waals surface area (Å²) in [6.07, 6.45) is 2.44. The molecule has 0 aliphatic carbocycles. The number of imidazole rings is 1. The number of hydrogen-bond acceptors (Lipinski definition) is 5. The number of anilines is 1. The molecule has 1 aromatic heterocycles. The third-order valence-electron chi connectivity index (χ3n) is 6.59. The van der Waals surface area contributed by atoms with Crippen LogP contribution in [0.2, 0.25) is 10.0 Å². The van der Waals surface area contributed by atoms with Gasteiger partial charge >= 0.3 is 11.5 Å². The Labute approximate surface area is 260 Å². The Morgan fingerprint density at radius 3 is 2.33 bits per heavy atom. The molecule has 0 atom stereocenters. The first kappa shape index (κ1) is 30.5. The third-order valence-corrected chi connectivity index (χ3v) is 7.71. The first-order valence-electron chi connectivity index (χ1n) is 13.0. The normalized spacial score (nSPS) is 11.4. The lowest BCUT2D eigenvalue weighted by molar-refractivity contribution is -0.0323. The monoisotopic (exact) mass is 641 g/mol. The molecule has 220 valence electrons. The van der Waals surface area contributed by atoms with E-state index in [1.165, 1.54) is 7.11 Å². The molecule has 0 aliphatic rings. The zero-order valence-corrected chi connectivity index (χ0v) is 25.0. The van der Waals surface area contributed by atoms with Gasteiger partial charge in [0.15, 0.2) is 0 Å². The number of carbonyl (C=O) groups excluding carboxylic acids is 1. The van der Waals surface area contributed by atoms with Crippen molar-refractivity contribution in [1.29, 1.82) is 0 Å². The number of halogens is 5. The molecule has 5 rings (SSSR count). The minimum Gasteiger partial charge on any atom is -0.465 e. The number of rotatable bonds is 9. The molecule has 0 bridgehead atoms. The fourth-order valence-corrected chi connectivity index (χ4v) is 5.36. The standard InChI is InChI=1S/C32H24Cl2F3N3O2S/c1-42-31(41)23-11-7-21(8-12-23)18-40-19-29(27-14-13-25(33)17-28(27)34)38-30(40)15-20-5-9-22(10-6-20)24-3-2-4-26(16-24)39-43-32(35,36)37/h2-14,16-17,19,39H,15,18H2,1H3. The molecule has 1 heterocycles. The lowest BCUT2D eigenvalue weighted by atomic mass is 10.0. The smallest absolute Gasteiger partial charge is 0.461 e. The highest BCUT2D eigenvalue weighted by Crippen LogP contribution is 2.33. The molecule has 5 aromatic rings. The van der Waals surface area contributed by atoms with Crippen LogP contribution in [0, 0.1) is 0 Å². The van der Waals surface area contributed by atoms with Crippen LogP contribution in [0.1, 0.15) is 27.3 Å². The van der Waals surface area contributed by atoms with Gasteiger partial charge in [0.1, 0.15) is 5.82 Å². The Bertz CT molecular complexity index is 1740. The Hall–Kier alpha value is -3.92. The van der Waals surface area contributed by atoms with Gasteiger partial charge < -0.3 is 14.0 Å². The van der Waals surface area contributed by atoms with E-state index in [0.717, 1.165) is 33.6 Å². The van der Waals surface area contributed by atoms with E-state index in [4.69, 9.17) is 32.9 Å². The maximum Gasteiger partial charge on any atom is 0.461 e. The number of esters is 1. The van der Waals surface area contributed by atoms with Gasteiger partial charge in [-0.2, -0.15) is 13.2 Å². The number of benzene rings is 4. The van der Waals surface area contributed by atoms with Crippen molar-refractivity contribution in [3.63, 3.8) is 0 Å². The summed E-state index contributed by atoms with van der Waals surface area (Å²) < 4.78 is 47.0. The second-order valence-electron chi connectivity index (χ2n) is 9.59. The molecule has 0 fully saturated rings. The van der Waals surface area contributed by atoms with Gasteiger partial charge in [0.05, 0.1) is 35.3 Å². The average Bonchev–Trinajstić information content (AvgIpc) is 3.37. The van der Waals surface area contributed by atoms with Crippen LogP contribution in [0.15, 0.2) is 97.2 Å². The van der Waals surface area contributed by atoms with Gasteiger partial charge in [-0.15, -0.1) is 0 Å². The molecule has 5 nitrogen and oxygen atoms in total. The molecule has 0 aliphatic heterocycles. The summed E-state index contributed by atoms with van der Waals surface area (Å²) in [4.78, 5) is 16.8. The molecule has 0 amide bonds. The van der Waals surface area contributed by atoms with Crippen molar-refractivity contribution < 1.29 is 22.7 Å². The van der Waals surface area contributed by atoms with E-state index >= 15 is 0 Å². The molecule has 0 spiro atoms. The van der Waals surface area contributed by atoms with E-state index in [1.807, 2.05) is 59.3 Å². The van der Waals surface area contributed by atoms with Gasteiger partial charge in [-0.1, -0.05) is 71.7 Å². The third kappa shape index (κ3) is 7.93. The van der Waals surface area contributed by atoms with E-state index in [1.54, 1.807) is 42.5 Å². The van der Waals surface area contributed by atoms with Gasteiger partial charge in [0.2, 0.25) is 0 Å². The fraction of sp³-hybridized carbons (Fsp3) is 0.125. The second kappa shape index (κ2) is 13.2. The van der Waals surface area contributed by atoms with Gasteiger partial charge in [-0.05, 0) is 64.7 Å². The first-order valence-corrected chi connectivity index (χ1v) is 14.5. The van der Waals surface area contributed by atoms with Gasteiger partial charge in [0.25, 0.3) is 0 Å². The molecule has 0 radical (unpaired) electrons. The summed E-state index contributed by atoms with van der Waals surface area (Å²) in [7, 11) is 1.34. The van der Waals surface area contributed by atoms with E-state index in [2.05, 4.69) is 4.72 Å². The predicted octanol–water partition coefficient (Wildman–Crippen LogP) is 9.53. The lowest BCUT2D eigenvalue weighted by Crippen LogP contribution is -2.06. The van der Waals surface area contributed by atoms with Crippen molar-refractivity contribution in [3.05, 3.63) is 130 Å². The van der Waals surface area contributed by atoms with E-state index in [9.17, 15) is 18.0 Å². The Morgan fingerprint density at radius 1 is 0.930 bits per heavy atom. The summed E-state index contributed by atoms with van der Waals surface area (Å²) in [5.41, 5.74) is 1.50. The van der Waals surface area contributed by atoms with Crippen molar-refractivity contribution >= 4 is 46.8 Å². The summed E-state index contributed by atoms with van der Waals surface area (Å²) in [6, 6.07) is 27.1. The van der Waals surface area contributed by atoms with E-state index < -0.39 is 11.5 Å². The highest BCUT2D eigenvalue weighted by Gasteiger charge is 2.28. The first-order chi connectivity index (χ1) is 20.6. The van der Waals surface area contributed by atoms with E-state index in [0.29, 0.717) is 40.0 Å². The average molecular weight is 643 g/mol. The van der Waals surface area contributed by atoms with Crippen LogP contribution in [-0.4, -0.2) is 28.1 Å². The number of hydrogen-bond donors (Lipinski definition) is 1. The fourth-order valence-electron chi connectivity index (χ4n) is 4.50. The molecular formula is C32H24Cl2F3N3O2S. The van der Waals surface area contributed by atoms with Crippen molar-refractivity contribution in [2.24, 2.45) is 0 Å². The van der Waals surface area contributed by atoms with Crippen LogP contribution in [-0.2, 0) is 17.7 Å². The van der Waals surface area contributed by atoms with Crippen LogP contribution in [0.4, 0.5) is 18.9 Å². The summed E-state index contributed by atoms with van der Waals surface area (Å²) >= 11 is 12.3. The van der Waals surface area contributed by atoms with Crippen LogP contribution >= 0.6 is 35.1 Å². The Morgan fingerprint density at radius 2 is 1.65 bits per heavy atom. The Balaban J connectivity index is 1.40. The highest BCUT2D eigenvalue weighted by atomic mass is 35.5. The molecule has 1 N–H and O–H groups in total. The summed E-state index contributed by atoms with van der Waals surface area (Å²) in [6.45, 7) is 0.503. The summed E-state index contributed by atoms with van der Waals surface area (Å²) in [5.74, 6) is 0.391. The maximum atomic E-state index is 12.6. The minimum absolute atomic E-state index is 0.294. The number of carbonyl (C=O) groups is 1. The number of nitrogens with one attached hydrogen (secondary N) is 1. The van der Waals surface area contributed by atoms with Crippen LogP contribution in [0.5, 0.6) is 0 Å². The SMILES string of the molecule is COC(=O)c1ccc(Cn2cc(-c3ccc(Cl)cc3Cl)nc2Cc2ccc(-c3cccc(NSC(F)(F)F)c3)cc2)cc1. The van der Waals surface area contributed by atoms with Crippen LogP contribution in [0.3, 0.4) is 0 Å². The number of methoxy groups -OCH3 is 1. The van der Waals surface area contributed by atoms with Gasteiger partial charge in [-0.3, -0.25) is 0 Å². The zero-order chi connectivity index (χ0) is 30.6. The van der Waals surface area contributed by atoms with Crippen LogP contribution in [0.25, 0.3) is 22.4 Å². The number of ether oxygens (including phenoxy) is 1. The second-order valence-corrected chi connectivity index (χ2v) is 11.3. The zero-order valence-electron chi connectivity index (χ0n) is 22.7. The Kier molecular flexibility index (Phi) is 9.34. The maximum absolute atomic E-state index is 12.6. The van der Waals surface area contributed by atoms with Gasteiger partial charge in [-0.25, -0.2) is 9.78 Å². The highest BCUT2D eigenvalue weighted by molar-refractivity contribution is 8.01. The topological polar surface area (TPSA) is 56.2 Å². The number of nitrogens with zero attached hydrogens (tertiary/aromatic N) is 2. The van der Waals surface area contributed by atoms with Crippen molar-refractivity contribution in [3.8, 4) is 22.4 Å². The minimum atomic E-state index is -4.38. The quantitative estimate of drug-likeness (QED) is 0.128. The number of alkyl halides is 3. The van der Waals surface area contributed by atoms with Crippen molar-refractivity contribution in [1.82, 2.24) is 9.55 Å². The van der Waals surface area contributed by atoms with Crippen molar-refractivity contribution in [2.45, 2.75) is 18.5 Å². The van der Waals surface area contributed by atoms with Crippen molar-refractivity contribution in [2.75, 3.05) is 11.8 Å². The molecule has 43 heavy (non-hydrogen) atoms. The predicted molar refractivity (Wildman–Crippen MR) is 167 cm³/mol. The number of aromatic nitrogens is 2. The molecule has 4 aromatic carbocycles. The van der Waals surface area contributed by atoms with Crippen LogP contribution < -0.4 is 4.72 Å². The molecule has 0 saturated heterocycles. The molecular weight excluding hydrogens is 618 g/mol. The molecule has 0 unspecified atom stereocenters. The summed E-state index contributed by atoms with van der Waals surface area (Å²) in [5, 5.41) is 1.01.